The van der Waals surface area contributed by atoms with Crippen LogP contribution in [0.3, 0.4) is 0 Å². The molecule has 7 nitrogen and oxygen atoms in total. The van der Waals surface area contributed by atoms with Crippen LogP contribution in [0.15, 0.2) is 29.6 Å². The molecule has 0 bridgehead atoms. The van der Waals surface area contributed by atoms with Crippen LogP contribution in [0.5, 0.6) is 5.75 Å². The molecular formula is C17H20N4O3S. The number of methoxy groups -OCH3 is 1. The van der Waals surface area contributed by atoms with Gasteiger partial charge in [-0.2, -0.15) is 0 Å². The number of carbonyl (C=O) groups is 2. The Morgan fingerprint density at radius 3 is 2.48 bits per heavy atom. The Morgan fingerprint density at radius 1 is 1.20 bits per heavy atom. The SMILES string of the molecule is COc1ccc(-c2nc(C(=O)N3CCN(CC(N)=O)CC3)cs2)cc1. The minimum atomic E-state index is -0.344. The van der Waals surface area contributed by atoms with E-state index in [9.17, 15) is 9.59 Å². The first-order chi connectivity index (χ1) is 12.1. The van der Waals surface area contributed by atoms with Crippen molar-refractivity contribution < 1.29 is 14.3 Å². The van der Waals surface area contributed by atoms with Crippen LogP contribution in [-0.2, 0) is 4.79 Å². The van der Waals surface area contributed by atoms with Gasteiger partial charge in [-0.25, -0.2) is 4.98 Å². The lowest BCUT2D eigenvalue weighted by atomic mass is 10.2. The summed E-state index contributed by atoms with van der Waals surface area (Å²) in [5.41, 5.74) is 6.62. The van der Waals surface area contributed by atoms with Crippen molar-refractivity contribution in [2.45, 2.75) is 0 Å². The van der Waals surface area contributed by atoms with Crippen molar-refractivity contribution in [1.29, 1.82) is 0 Å². The molecule has 2 aromatic rings. The number of benzene rings is 1. The summed E-state index contributed by atoms with van der Waals surface area (Å²) in [5, 5.41) is 2.59. The number of thiazole rings is 1. The Morgan fingerprint density at radius 2 is 1.88 bits per heavy atom. The van der Waals surface area contributed by atoms with Crippen molar-refractivity contribution in [3.63, 3.8) is 0 Å². The summed E-state index contributed by atoms with van der Waals surface area (Å²) in [7, 11) is 1.62. The van der Waals surface area contributed by atoms with Gasteiger partial charge in [-0.1, -0.05) is 0 Å². The molecule has 8 heteroatoms. The Labute approximate surface area is 150 Å². The van der Waals surface area contributed by atoms with Gasteiger partial charge in [0.25, 0.3) is 5.91 Å². The first kappa shape index (κ1) is 17.4. The molecule has 0 atom stereocenters. The fourth-order valence-electron chi connectivity index (χ4n) is 2.73. The zero-order chi connectivity index (χ0) is 17.8. The third-order valence-corrected chi connectivity index (χ3v) is 4.99. The molecule has 1 aromatic carbocycles. The number of nitrogens with two attached hydrogens (primary N) is 1. The van der Waals surface area contributed by atoms with E-state index in [1.165, 1.54) is 11.3 Å². The highest BCUT2D eigenvalue weighted by molar-refractivity contribution is 7.13. The standard InChI is InChI=1S/C17H20N4O3S/c1-24-13-4-2-12(3-5-13)16-19-14(11-25-16)17(23)21-8-6-20(7-9-21)10-15(18)22/h2-5,11H,6-10H2,1H3,(H2,18,22). The van der Waals surface area contributed by atoms with E-state index in [0.717, 1.165) is 16.3 Å². The van der Waals surface area contributed by atoms with Gasteiger partial charge >= 0.3 is 0 Å². The van der Waals surface area contributed by atoms with Crippen LogP contribution in [0.2, 0.25) is 0 Å². The van der Waals surface area contributed by atoms with Gasteiger partial charge in [0.1, 0.15) is 16.5 Å². The lowest BCUT2D eigenvalue weighted by Crippen LogP contribution is -2.50. The predicted molar refractivity (Wildman–Crippen MR) is 95.6 cm³/mol. The van der Waals surface area contributed by atoms with Crippen molar-refractivity contribution in [3.8, 4) is 16.3 Å². The molecule has 132 valence electrons. The summed E-state index contributed by atoms with van der Waals surface area (Å²) in [5.74, 6) is 0.364. The van der Waals surface area contributed by atoms with Gasteiger partial charge in [-0.3, -0.25) is 14.5 Å². The smallest absolute Gasteiger partial charge is 0.273 e. The lowest BCUT2D eigenvalue weighted by molar-refractivity contribution is -0.119. The number of primary amides is 1. The van der Waals surface area contributed by atoms with Crippen LogP contribution in [0, 0.1) is 0 Å². The second-order valence-electron chi connectivity index (χ2n) is 5.80. The summed E-state index contributed by atoms with van der Waals surface area (Å²) >= 11 is 1.45. The minimum absolute atomic E-state index is 0.0743. The number of nitrogens with zero attached hydrogens (tertiary/aromatic N) is 3. The highest BCUT2D eigenvalue weighted by Crippen LogP contribution is 2.26. The molecule has 0 radical (unpaired) electrons. The topological polar surface area (TPSA) is 88.8 Å². The summed E-state index contributed by atoms with van der Waals surface area (Å²) in [6, 6.07) is 7.59. The Balaban J connectivity index is 1.64. The maximum absolute atomic E-state index is 12.6. The fourth-order valence-corrected chi connectivity index (χ4v) is 3.53. The molecular weight excluding hydrogens is 340 g/mol. The first-order valence-corrected chi connectivity index (χ1v) is 8.84. The third kappa shape index (κ3) is 4.15. The Hall–Kier alpha value is -2.45. The molecule has 2 amide bonds. The molecule has 2 heterocycles. The van der Waals surface area contributed by atoms with Crippen molar-refractivity contribution in [1.82, 2.24) is 14.8 Å². The van der Waals surface area contributed by atoms with Crippen LogP contribution in [0.25, 0.3) is 10.6 Å². The average molecular weight is 360 g/mol. The number of aromatic nitrogens is 1. The fraction of sp³-hybridized carbons (Fsp3) is 0.353. The molecule has 2 N–H and O–H groups in total. The van der Waals surface area contributed by atoms with Crippen LogP contribution >= 0.6 is 11.3 Å². The predicted octanol–water partition coefficient (Wildman–Crippen LogP) is 1.06. The number of rotatable bonds is 5. The summed E-state index contributed by atoms with van der Waals surface area (Å²) < 4.78 is 5.15. The lowest BCUT2D eigenvalue weighted by Gasteiger charge is -2.33. The monoisotopic (exact) mass is 360 g/mol. The molecule has 1 aliphatic rings. The molecule has 25 heavy (non-hydrogen) atoms. The van der Waals surface area contributed by atoms with E-state index >= 15 is 0 Å². The number of ether oxygens (including phenoxy) is 1. The first-order valence-electron chi connectivity index (χ1n) is 7.96. The van der Waals surface area contributed by atoms with E-state index in [1.807, 2.05) is 29.2 Å². The van der Waals surface area contributed by atoms with E-state index in [4.69, 9.17) is 10.5 Å². The number of piperazine rings is 1. The summed E-state index contributed by atoms with van der Waals surface area (Å²) in [6.45, 7) is 2.66. The summed E-state index contributed by atoms with van der Waals surface area (Å²) in [4.78, 5) is 31.8. The second kappa shape index (κ2) is 7.62. The average Bonchev–Trinajstić information content (AvgIpc) is 3.11. The number of amides is 2. The quantitative estimate of drug-likeness (QED) is 0.861. The van der Waals surface area contributed by atoms with E-state index in [-0.39, 0.29) is 18.4 Å². The van der Waals surface area contributed by atoms with Crippen LogP contribution in [-0.4, -0.2) is 66.4 Å². The molecule has 1 fully saturated rings. The minimum Gasteiger partial charge on any atom is -0.497 e. The van der Waals surface area contributed by atoms with E-state index in [1.54, 1.807) is 17.4 Å². The maximum Gasteiger partial charge on any atom is 0.273 e. The van der Waals surface area contributed by atoms with Crippen LogP contribution < -0.4 is 10.5 Å². The normalized spacial score (nSPS) is 15.2. The van der Waals surface area contributed by atoms with Crippen molar-refractivity contribution in [2.75, 3.05) is 39.8 Å². The molecule has 0 spiro atoms. The zero-order valence-corrected chi connectivity index (χ0v) is 14.8. The highest BCUT2D eigenvalue weighted by Gasteiger charge is 2.24. The Kier molecular flexibility index (Phi) is 5.30. The molecule has 0 unspecified atom stereocenters. The second-order valence-corrected chi connectivity index (χ2v) is 6.66. The molecule has 1 saturated heterocycles. The summed E-state index contributed by atoms with van der Waals surface area (Å²) in [6.07, 6.45) is 0. The molecule has 0 saturated carbocycles. The zero-order valence-electron chi connectivity index (χ0n) is 14.0. The van der Waals surface area contributed by atoms with Gasteiger partial charge < -0.3 is 15.4 Å². The van der Waals surface area contributed by atoms with Crippen molar-refractivity contribution in [3.05, 3.63) is 35.3 Å². The van der Waals surface area contributed by atoms with Crippen LogP contribution in [0.1, 0.15) is 10.5 Å². The van der Waals surface area contributed by atoms with Crippen LogP contribution in [0.4, 0.5) is 0 Å². The number of carbonyl (C=O) groups excluding carboxylic acids is 2. The largest absolute Gasteiger partial charge is 0.497 e. The number of hydrogen-bond acceptors (Lipinski definition) is 6. The van der Waals surface area contributed by atoms with Gasteiger partial charge in [0.05, 0.1) is 13.7 Å². The van der Waals surface area contributed by atoms with Gasteiger partial charge in [0.2, 0.25) is 5.91 Å². The van der Waals surface area contributed by atoms with Gasteiger partial charge in [-0.05, 0) is 24.3 Å². The maximum atomic E-state index is 12.6. The van der Waals surface area contributed by atoms with Gasteiger partial charge in [0.15, 0.2) is 0 Å². The van der Waals surface area contributed by atoms with E-state index < -0.39 is 0 Å². The van der Waals surface area contributed by atoms with Crippen molar-refractivity contribution >= 4 is 23.2 Å². The van der Waals surface area contributed by atoms with E-state index in [0.29, 0.717) is 31.9 Å². The van der Waals surface area contributed by atoms with Gasteiger partial charge in [-0.15, -0.1) is 11.3 Å². The van der Waals surface area contributed by atoms with Crippen molar-refractivity contribution in [2.24, 2.45) is 5.73 Å². The molecule has 3 rings (SSSR count). The molecule has 0 aliphatic carbocycles. The van der Waals surface area contributed by atoms with E-state index in [2.05, 4.69) is 4.98 Å². The molecule has 1 aromatic heterocycles. The Bertz CT molecular complexity index is 752. The van der Waals surface area contributed by atoms with Gasteiger partial charge in [0, 0.05) is 37.1 Å². The third-order valence-electron chi connectivity index (χ3n) is 4.10. The molecule has 1 aliphatic heterocycles. The highest BCUT2D eigenvalue weighted by atomic mass is 32.1. The number of hydrogen-bond donors (Lipinski definition) is 1.